The van der Waals surface area contributed by atoms with Gasteiger partial charge in [0.25, 0.3) is 0 Å². The van der Waals surface area contributed by atoms with Gasteiger partial charge in [0.2, 0.25) is 0 Å². The Balaban J connectivity index is 2.36. The van der Waals surface area contributed by atoms with Crippen molar-refractivity contribution in [1.82, 2.24) is 9.55 Å². The van der Waals surface area contributed by atoms with Crippen molar-refractivity contribution in [2.24, 2.45) is 5.41 Å². The van der Waals surface area contributed by atoms with Gasteiger partial charge in [-0.25, -0.2) is 4.98 Å². The SMILES string of the molecule is CCn1ccnc1CCCC(Br)C(C)(C)C. The van der Waals surface area contributed by atoms with Crippen LogP contribution in [0.25, 0.3) is 0 Å². The topological polar surface area (TPSA) is 17.8 Å². The molecule has 0 radical (unpaired) electrons. The Morgan fingerprint density at radius 2 is 2.12 bits per heavy atom. The van der Waals surface area contributed by atoms with Crippen LogP contribution in [0.2, 0.25) is 0 Å². The molecule has 0 saturated heterocycles. The second kappa shape index (κ2) is 5.85. The number of hydrogen-bond donors (Lipinski definition) is 0. The van der Waals surface area contributed by atoms with Crippen LogP contribution in [-0.4, -0.2) is 14.4 Å². The second-order valence-electron chi connectivity index (χ2n) is 5.36. The summed E-state index contributed by atoms with van der Waals surface area (Å²) in [5.41, 5.74) is 0.347. The number of rotatable bonds is 5. The maximum atomic E-state index is 4.39. The number of halogens is 1. The first kappa shape index (κ1) is 13.8. The molecule has 0 aromatic carbocycles. The summed E-state index contributed by atoms with van der Waals surface area (Å²) < 4.78 is 2.22. The van der Waals surface area contributed by atoms with Crippen LogP contribution in [0.3, 0.4) is 0 Å². The van der Waals surface area contributed by atoms with Crippen molar-refractivity contribution in [3.63, 3.8) is 0 Å². The van der Waals surface area contributed by atoms with Crippen LogP contribution in [0.5, 0.6) is 0 Å². The lowest BCUT2D eigenvalue weighted by Crippen LogP contribution is -2.20. The lowest BCUT2D eigenvalue weighted by Gasteiger charge is -2.25. The van der Waals surface area contributed by atoms with Crippen molar-refractivity contribution in [3.05, 3.63) is 18.2 Å². The normalized spacial score (nSPS) is 14.1. The summed E-state index contributed by atoms with van der Waals surface area (Å²) in [5, 5.41) is 0. The molecule has 0 aliphatic heterocycles. The summed E-state index contributed by atoms with van der Waals surface area (Å²) in [6.07, 6.45) is 7.45. The van der Waals surface area contributed by atoms with E-state index in [0.717, 1.165) is 13.0 Å². The van der Waals surface area contributed by atoms with Gasteiger partial charge in [0.15, 0.2) is 0 Å². The summed E-state index contributed by atoms with van der Waals surface area (Å²) in [6, 6.07) is 0. The highest BCUT2D eigenvalue weighted by atomic mass is 79.9. The van der Waals surface area contributed by atoms with E-state index in [9.17, 15) is 0 Å². The molecule has 92 valence electrons. The van der Waals surface area contributed by atoms with E-state index in [2.05, 4.69) is 59.4 Å². The van der Waals surface area contributed by atoms with E-state index in [-0.39, 0.29) is 0 Å². The molecule has 1 heterocycles. The molecule has 0 fully saturated rings. The number of imidazole rings is 1. The zero-order chi connectivity index (χ0) is 12.2. The van der Waals surface area contributed by atoms with Crippen molar-refractivity contribution < 1.29 is 0 Å². The number of aromatic nitrogens is 2. The van der Waals surface area contributed by atoms with Gasteiger partial charge in [-0.3, -0.25) is 0 Å². The Morgan fingerprint density at radius 3 is 2.69 bits per heavy atom. The van der Waals surface area contributed by atoms with Gasteiger partial charge in [-0.15, -0.1) is 0 Å². The fourth-order valence-corrected chi connectivity index (χ4v) is 2.05. The molecule has 2 nitrogen and oxygen atoms in total. The summed E-state index contributed by atoms with van der Waals surface area (Å²) in [4.78, 5) is 4.98. The second-order valence-corrected chi connectivity index (χ2v) is 6.46. The van der Waals surface area contributed by atoms with E-state index in [1.54, 1.807) is 0 Å². The number of nitrogens with zero attached hydrogens (tertiary/aromatic N) is 2. The predicted molar refractivity (Wildman–Crippen MR) is 73.0 cm³/mol. The molecule has 1 unspecified atom stereocenters. The van der Waals surface area contributed by atoms with E-state index in [4.69, 9.17) is 0 Å². The summed E-state index contributed by atoms with van der Waals surface area (Å²) in [5.74, 6) is 1.22. The first-order valence-corrected chi connectivity index (χ1v) is 7.00. The summed E-state index contributed by atoms with van der Waals surface area (Å²) in [6.45, 7) is 10.0. The van der Waals surface area contributed by atoms with Crippen molar-refractivity contribution in [2.45, 2.75) is 58.3 Å². The fraction of sp³-hybridized carbons (Fsp3) is 0.769. The van der Waals surface area contributed by atoms with Crippen LogP contribution in [0.4, 0.5) is 0 Å². The third-order valence-corrected chi connectivity index (χ3v) is 4.77. The zero-order valence-corrected chi connectivity index (χ0v) is 12.4. The van der Waals surface area contributed by atoms with E-state index in [0.29, 0.717) is 10.2 Å². The summed E-state index contributed by atoms with van der Waals surface area (Å²) in [7, 11) is 0. The zero-order valence-electron chi connectivity index (χ0n) is 10.8. The standard InChI is InChI=1S/C13H23BrN2/c1-5-16-10-9-15-12(16)8-6-7-11(14)13(2,3)4/h9-11H,5-8H2,1-4H3. The molecule has 1 aromatic heterocycles. The van der Waals surface area contributed by atoms with Crippen LogP contribution in [-0.2, 0) is 13.0 Å². The molecule has 3 heteroatoms. The van der Waals surface area contributed by atoms with Crippen molar-refractivity contribution >= 4 is 15.9 Å². The predicted octanol–water partition coefficient (Wildman–Crippen LogP) is 4.04. The van der Waals surface area contributed by atoms with Gasteiger partial charge in [-0.1, -0.05) is 36.7 Å². The minimum Gasteiger partial charge on any atom is -0.335 e. The molecular formula is C13H23BrN2. The molecule has 1 atom stereocenters. The third-order valence-electron chi connectivity index (χ3n) is 2.94. The number of aryl methyl sites for hydroxylation is 2. The Morgan fingerprint density at radius 1 is 1.44 bits per heavy atom. The molecule has 0 spiro atoms. The smallest absolute Gasteiger partial charge is 0.108 e. The van der Waals surface area contributed by atoms with Gasteiger partial charge in [0.1, 0.15) is 5.82 Å². The fourth-order valence-electron chi connectivity index (χ4n) is 1.73. The average molecular weight is 287 g/mol. The van der Waals surface area contributed by atoms with E-state index in [1.807, 2.05) is 6.20 Å². The maximum absolute atomic E-state index is 4.39. The monoisotopic (exact) mass is 286 g/mol. The quantitative estimate of drug-likeness (QED) is 0.747. The Kier molecular flexibility index (Phi) is 5.03. The Hall–Kier alpha value is -0.310. The van der Waals surface area contributed by atoms with E-state index in [1.165, 1.54) is 18.7 Å². The van der Waals surface area contributed by atoms with Crippen molar-refractivity contribution in [2.75, 3.05) is 0 Å². The van der Waals surface area contributed by atoms with Gasteiger partial charge in [0.05, 0.1) is 0 Å². The van der Waals surface area contributed by atoms with Crippen LogP contribution >= 0.6 is 15.9 Å². The van der Waals surface area contributed by atoms with Crippen LogP contribution in [0.1, 0.15) is 46.4 Å². The molecule has 0 saturated carbocycles. The highest BCUT2D eigenvalue weighted by Gasteiger charge is 2.21. The third kappa shape index (κ3) is 3.93. The van der Waals surface area contributed by atoms with Crippen molar-refractivity contribution in [1.29, 1.82) is 0 Å². The first-order valence-electron chi connectivity index (χ1n) is 6.09. The maximum Gasteiger partial charge on any atom is 0.108 e. The Bertz CT molecular complexity index is 312. The van der Waals surface area contributed by atoms with Gasteiger partial charge in [-0.05, 0) is 25.2 Å². The molecule has 1 rings (SSSR count). The minimum atomic E-state index is 0.347. The van der Waals surface area contributed by atoms with Crippen LogP contribution in [0, 0.1) is 5.41 Å². The van der Waals surface area contributed by atoms with E-state index < -0.39 is 0 Å². The van der Waals surface area contributed by atoms with Gasteiger partial charge >= 0.3 is 0 Å². The molecule has 0 amide bonds. The van der Waals surface area contributed by atoms with Gasteiger partial charge in [0, 0.05) is 30.2 Å². The summed E-state index contributed by atoms with van der Waals surface area (Å²) >= 11 is 3.77. The van der Waals surface area contributed by atoms with E-state index >= 15 is 0 Å². The molecule has 1 aromatic rings. The Labute approximate surface area is 108 Å². The number of alkyl halides is 1. The molecule has 0 bridgehead atoms. The molecule has 0 aliphatic rings. The minimum absolute atomic E-state index is 0.347. The lowest BCUT2D eigenvalue weighted by atomic mass is 9.89. The molecule has 16 heavy (non-hydrogen) atoms. The highest BCUT2D eigenvalue weighted by Crippen LogP contribution is 2.29. The van der Waals surface area contributed by atoms with Crippen LogP contribution in [0.15, 0.2) is 12.4 Å². The number of hydrogen-bond acceptors (Lipinski definition) is 1. The molecule has 0 N–H and O–H groups in total. The average Bonchev–Trinajstić information content (AvgIpc) is 2.63. The van der Waals surface area contributed by atoms with Crippen molar-refractivity contribution in [3.8, 4) is 0 Å². The van der Waals surface area contributed by atoms with Gasteiger partial charge in [-0.2, -0.15) is 0 Å². The molecular weight excluding hydrogens is 264 g/mol. The largest absolute Gasteiger partial charge is 0.335 e. The van der Waals surface area contributed by atoms with Crippen LogP contribution < -0.4 is 0 Å². The lowest BCUT2D eigenvalue weighted by molar-refractivity contribution is 0.379. The van der Waals surface area contributed by atoms with Gasteiger partial charge < -0.3 is 4.57 Å². The first-order chi connectivity index (χ1) is 7.45. The molecule has 0 aliphatic carbocycles. The highest BCUT2D eigenvalue weighted by molar-refractivity contribution is 9.09.